The first kappa shape index (κ1) is 17.2. The molecule has 0 amide bonds. The zero-order valence-corrected chi connectivity index (χ0v) is 15.7. The standard InChI is InChI=1S/C14H15N5O2S3/c1-7(2)23-14-18-19-11(21)5-9(16-13(19)24-14)6-22-12-15-8(3)4-10(20)17-12/h4-5,7H,6H2,1-3H3,(H,15,17,20). The maximum absolute atomic E-state index is 12.2. The lowest BCUT2D eigenvalue weighted by Crippen LogP contribution is -2.15. The fourth-order valence-corrected chi connectivity index (χ4v) is 4.92. The average molecular weight is 382 g/mol. The molecular weight excluding hydrogens is 366 g/mol. The molecule has 10 heteroatoms. The predicted octanol–water partition coefficient (Wildman–Crippen LogP) is 2.34. The molecule has 7 nitrogen and oxygen atoms in total. The Morgan fingerprint density at radius 2 is 2.08 bits per heavy atom. The summed E-state index contributed by atoms with van der Waals surface area (Å²) < 4.78 is 2.15. The summed E-state index contributed by atoms with van der Waals surface area (Å²) in [5.74, 6) is 0.447. The molecule has 0 fully saturated rings. The molecule has 126 valence electrons. The second kappa shape index (κ2) is 7.08. The number of aromatic nitrogens is 5. The summed E-state index contributed by atoms with van der Waals surface area (Å²) in [4.78, 5) is 35.6. The number of nitrogens with one attached hydrogen (secondary N) is 1. The summed E-state index contributed by atoms with van der Waals surface area (Å²) in [6.07, 6.45) is 0. The van der Waals surface area contributed by atoms with E-state index in [1.807, 2.05) is 0 Å². The number of aryl methyl sites for hydroxylation is 1. The van der Waals surface area contributed by atoms with Crippen molar-refractivity contribution in [3.05, 3.63) is 44.2 Å². The molecule has 0 atom stereocenters. The highest BCUT2D eigenvalue weighted by atomic mass is 32.2. The van der Waals surface area contributed by atoms with Gasteiger partial charge in [-0.25, -0.2) is 9.97 Å². The molecule has 0 aliphatic rings. The van der Waals surface area contributed by atoms with Crippen molar-refractivity contribution >= 4 is 39.8 Å². The van der Waals surface area contributed by atoms with E-state index in [0.29, 0.717) is 32.5 Å². The van der Waals surface area contributed by atoms with Gasteiger partial charge in [0, 0.05) is 28.8 Å². The minimum absolute atomic E-state index is 0.189. The lowest BCUT2D eigenvalue weighted by Gasteiger charge is -2.01. The molecule has 3 aromatic heterocycles. The predicted molar refractivity (Wildman–Crippen MR) is 97.3 cm³/mol. The van der Waals surface area contributed by atoms with Gasteiger partial charge in [0.25, 0.3) is 11.1 Å². The first-order chi connectivity index (χ1) is 11.4. The van der Waals surface area contributed by atoms with E-state index in [-0.39, 0.29) is 11.1 Å². The van der Waals surface area contributed by atoms with Crippen molar-refractivity contribution in [2.45, 2.75) is 41.3 Å². The van der Waals surface area contributed by atoms with Crippen LogP contribution in [-0.2, 0) is 5.75 Å². The Hall–Kier alpha value is -1.65. The van der Waals surface area contributed by atoms with Gasteiger partial charge in [0.05, 0.1) is 5.69 Å². The van der Waals surface area contributed by atoms with Crippen LogP contribution in [0.5, 0.6) is 0 Å². The fraction of sp³-hybridized carbons (Fsp3) is 0.357. The van der Waals surface area contributed by atoms with E-state index in [2.05, 4.69) is 33.9 Å². The monoisotopic (exact) mass is 381 g/mol. The molecule has 0 aliphatic carbocycles. The van der Waals surface area contributed by atoms with Gasteiger partial charge in [0.15, 0.2) is 9.50 Å². The molecule has 0 saturated carbocycles. The highest BCUT2D eigenvalue weighted by Crippen LogP contribution is 2.27. The molecule has 0 spiro atoms. The number of nitrogens with zero attached hydrogens (tertiary/aromatic N) is 4. The molecule has 3 aromatic rings. The van der Waals surface area contributed by atoms with Crippen LogP contribution in [0.25, 0.3) is 4.96 Å². The number of hydrogen-bond acceptors (Lipinski definition) is 8. The molecular formula is C14H15N5O2S3. The minimum atomic E-state index is -0.201. The quantitative estimate of drug-likeness (QED) is 0.535. The largest absolute Gasteiger partial charge is 0.301 e. The van der Waals surface area contributed by atoms with Gasteiger partial charge in [0.1, 0.15) is 0 Å². The maximum atomic E-state index is 12.2. The van der Waals surface area contributed by atoms with E-state index >= 15 is 0 Å². The third-order valence-corrected chi connectivity index (χ3v) is 5.72. The van der Waals surface area contributed by atoms with Crippen molar-refractivity contribution in [3.63, 3.8) is 0 Å². The van der Waals surface area contributed by atoms with Gasteiger partial charge in [-0.3, -0.25) is 9.59 Å². The molecule has 0 bridgehead atoms. The van der Waals surface area contributed by atoms with Crippen LogP contribution in [0.15, 0.2) is 31.2 Å². The summed E-state index contributed by atoms with van der Waals surface area (Å²) in [5, 5.41) is 5.20. The van der Waals surface area contributed by atoms with E-state index in [4.69, 9.17) is 0 Å². The Balaban J connectivity index is 1.84. The average Bonchev–Trinajstić information content (AvgIpc) is 2.86. The first-order valence-corrected chi connectivity index (χ1v) is 9.86. The molecule has 0 radical (unpaired) electrons. The van der Waals surface area contributed by atoms with Crippen LogP contribution < -0.4 is 11.1 Å². The molecule has 3 rings (SSSR count). The third-order valence-electron chi connectivity index (χ3n) is 2.82. The number of H-pyrrole nitrogens is 1. The van der Waals surface area contributed by atoms with E-state index < -0.39 is 0 Å². The van der Waals surface area contributed by atoms with Crippen molar-refractivity contribution in [3.8, 4) is 0 Å². The Morgan fingerprint density at radius 3 is 2.79 bits per heavy atom. The zero-order chi connectivity index (χ0) is 17.3. The van der Waals surface area contributed by atoms with Crippen LogP contribution in [0.2, 0.25) is 0 Å². The number of rotatable bonds is 5. The van der Waals surface area contributed by atoms with E-state index in [1.54, 1.807) is 18.7 Å². The number of hydrogen-bond donors (Lipinski definition) is 1. The second-order valence-corrected chi connectivity index (χ2v) is 9.04. The highest BCUT2D eigenvalue weighted by Gasteiger charge is 2.11. The molecule has 0 unspecified atom stereocenters. The van der Waals surface area contributed by atoms with E-state index in [0.717, 1.165) is 4.34 Å². The van der Waals surface area contributed by atoms with Crippen LogP contribution in [0.1, 0.15) is 25.2 Å². The first-order valence-electron chi connectivity index (χ1n) is 7.18. The Bertz CT molecular complexity index is 992. The van der Waals surface area contributed by atoms with Crippen molar-refractivity contribution in [2.24, 2.45) is 0 Å². The molecule has 24 heavy (non-hydrogen) atoms. The highest BCUT2D eigenvalue weighted by molar-refractivity contribution is 8.01. The topological polar surface area (TPSA) is 93.0 Å². The Labute approximate surface area is 149 Å². The van der Waals surface area contributed by atoms with Gasteiger partial charge in [-0.1, -0.05) is 48.7 Å². The van der Waals surface area contributed by atoms with Crippen LogP contribution in [0.4, 0.5) is 0 Å². The molecule has 0 saturated heterocycles. The SMILES string of the molecule is Cc1cc(=O)[nH]c(SCc2cc(=O)n3nc(SC(C)C)sc3n2)n1. The Kier molecular flexibility index (Phi) is 5.07. The normalized spacial score (nSPS) is 11.5. The van der Waals surface area contributed by atoms with Gasteiger partial charge >= 0.3 is 0 Å². The van der Waals surface area contributed by atoms with Gasteiger partial charge < -0.3 is 4.98 Å². The molecule has 3 heterocycles. The molecule has 1 N–H and O–H groups in total. The minimum Gasteiger partial charge on any atom is -0.301 e. The summed E-state index contributed by atoms with van der Waals surface area (Å²) in [6, 6.07) is 2.91. The molecule has 0 aromatic carbocycles. The fourth-order valence-electron chi connectivity index (χ4n) is 1.92. The van der Waals surface area contributed by atoms with Crippen LogP contribution in [-0.4, -0.2) is 29.8 Å². The maximum Gasteiger partial charge on any atom is 0.275 e. The zero-order valence-electron chi connectivity index (χ0n) is 13.3. The van der Waals surface area contributed by atoms with Crippen molar-refractivity contribution in [2.75, 3.05) is 0 Å². The van der Waals surface area contributed by atoms with Crippen molar-refractivity contribution in [1.29, 1.82) is 0 Å². The lowest BCUT2D eigenvalue weighted by atomic mass is 10.4. The van der Waals surface area contributed by atoms with Gasteiger partial charge in [-0.05, 0) is 6.92 Å². The summed E-state index contributed by atoms with van der Waals surface area (Å²) >= 11 is 4.34. The van der Waals surface area contributed by atoms with Crippen molar-refractivity contribution in [1.82, 2.24) is 24.6 Å². The number of fused-ring (bicyclic) bond motifs is 1. The third kappa shape index (κ3) is 4.05. The smallest absolute Gasteiger partial charge is 0.275 e. The van der Waals surface area contributed by atoms with Gasteiger partial charge in [-0.15, -0.1) is 5.10 Å². The van der Waals surface area contributed by atoms with Crippen LogP contribution >= 0.6 is 34.9 Å². The number of aromatic amines is 1. The summed E-state index contributed by atoms with van der Waals surface area (Å²) in [5.41, 5.74) is 0.904. The summed E-state index contributed by atoms with van der Waals surface area (Å²) in [6.45, 7) is 5.91. The van der Waals surface area contributed by atoms with E-state index in [9.17, 15) is 9.59 Å². The second-order valence-electron chi connectivity index (χ2n) is 5.30. The lowest BCUT2D eigenvalue weighted by molar-refractivity contribution is 0.847. The van der Waals surface area contributed by atoms with E-state index in [1.165, 1.54) is 39.7 Å². The molecule has 0 aliphatic heterocycles. The Morgan fingerprint density at radius 1 is 1.29 bits per heavy atom. The number of thioether (sulfide) groups is 2. The van der Waals surface area contributed by atoms with Crippen LogP contribution in [0, 0.1) is 6.92 Å². The van der Waals surface area contributed by atoms with Gasteiger partial charge in [-0.2, -0.15) is 4.52 Å². The summed E-state index contributed by atoms with van der Waals surface area (Å²) in [7, 11) is 0. The van der Waals surface area contributed by atoms with Crippen LogP contribution in [0.3, 0.4) is 0 Å². The van der Waals surface area contributed by atoms with Gasteiger partial charge in [0.2, 0.25) is 4.96 Å². The van der Waals surface area contributed by atoms with Crippen molar-refractivity contribution < 1.29 is 0 Å².